The van der Waals surface area contributed by atoms with Crippen LogP contribution in [0.4, 0.5) is 16.2 Å². The highest BCUT2D eigenvalue weighted by Gasteiger charge is 2.54. The van der Waals surface area contributed by atoms with Gasteiger partial charge in [-0.25, -0.2) is 4.79 Å². The number of piperidine rings is 1. The van der Waals surface area contributed by atoms with Gasteiger partial charge in [0.2, 0.25) is 5.91 Å². The SMILES string of the molecule is Cc1cccc(NC(=O)N2CCC3(CC2)C(=O)N(CC(=O)N2CCCC2)CN3c2ccccc2)c1. The number of hydrogen-bond acceptors (Lipinski definition) is 4. The molecule has 3 fully saturated rings. The maximum absolute atomic E-state index is 13.8. The highest BCUT2D eigenvalue weighted by atomic mass is 16.2. The van der Waals surface area contributed by atoms with Crippen LogP contribution in [0.25, 0.3) is 0 Å². The minimum Gasteiger partial charge on any atom is -0.341 e. The molecule has 3 aliphatic rings. The van der Waals surface area contributed by atoms with E-state index in [4.69, 9.17) is 0 Å². The van der Waals surface area contributed by atoms with Gasteiger partial charge >= 0.3 is 6.03 Å². The summed E-state index contributed by atoms with van der Waals surface area (Å²) in [7, 11) is 0. The van der Waals surface area contributed by atoms with E-state index in [-0.39, 0.29) is 24.4 Å². The molecule has 2 aromatic rings. The van der Waals surface area contributed by atoms with Gasteiger partial charge in [-0.15, -0.1) is 0 Å². The number of benzene rings is 2. The third kappa shape index (κ3) is 4.57. The second-order valence-corrected chi connectivity index (χ2v) is 9.81. The predicted octanol–water partition coefficient (Wildman–Crippen LogP) is 3.29. The van der Waals surface area contributed by atoms with Crippen LogP contribution in [0.1, 0.15) is 31.2 Å². The largest absolute Gasteiger partial charge is 0.341 e. The monoisotopic (exact) mass is 475 g/mol. The Balaban J connectivity index is 1.31. The molecule has 0 atom stereocenters. The zero-order valence-corrected chi connectivity index (χ0v) is 20.3. The quantitative estimate of drug-likeness (QED) is 0.736. The molecule has 4 amide bonds. The lowest BCUT2D eigenvalue weighted by Gasteiger charge is -2.43. The van der Waals surface area contributed by atoms with E-state index in [2.05, 4.69) is 10.2 Å². The number of carbonyl (C=O) groups is 3. The molecule has 0 aromatic heterocycles. The van der Waals surface area contributed by atoms with Gasteiger partial charge in [-0.3, -0.25) is 9.59 Å². The lowest BCUT2D eigenvalue weighted by atomic mass is 9.85. The molecule has 1 spiro atoms. The first-order valence-corrected chi connectivity index (χ1v) is 12.5. The Kier molecular flexibility index (Phi) is 6.36. The van der Waals surface area contributed by atoms with Gasteiger partial charge in [-0.2, -0.15) is 0 Å². The first kappa shape index (κ1) is 23.2. The summed E-state index contributed by atoms with van der Waals surface area (Å²) in [4.78, 5) is 47.1. The molecule has 3 aliphatic heterocycles. The summed E-state index contributed by atoms with van der Waals surface area (Å²) in [6.45, 7) is 4.99. The van der Waals surface area contributed by atoms with Crippen LogP contribution in [0, 0.1) is 6.92 Å². The van der Waals surface area contributed by atoms with Crippen molar-refractivity contribution in [3.63, 3.8) is 0 Å². The highest BCUT2D eigenvalue weighted by molar-refractivity contribution is 5.97. The average molecular weight is 476 g/mol. The van der Waals surface area contributed by atoms with Gasteiger partial charge < -0.3 is 24.9 Å². The average Bonchev–Trinajstić information content (AvgIpc) is 3.49. The van der Waals surface area contributed by atoms with Crippen LogP contribution in [0.15, 0.2) is 54.6 Å². The Hall–Kier alpha value is -3.55. The number of carbonyl (C=O) groups excluding carboxylic acids is 3. The predicted molar refractivity (Wildman–Crippen MR) is 135 cm³/mol. The van der Waals surface area contributed by atoms with Crippen LogP contribution >= 0.6 is 0 Å². The number of para-hydroxylation sites is 1. The molecule has 1 N–H and O–H groups in total. The van der Waals surface area contributed by atoms with E-state index in [1.165, 1.54) is 0 Å². The maximum Gasteiger partial charge on any atom is 0.321 e. The summed E-state index contributed by atoms with van der Waals surface area (Å²) < 4.78 is 0. The Bertz CT molecular complexity index is 1090. The number of rotatable bonds is 4. The van der Waals surface area contributed by atoms with Crippen LogP contribution in [0.5, 0.6) is 0 Å². The molecule has 8 nitrogen and oxygen atoms in total. The van der Waals surface area contributed by atoms with E-state index >= 15 is 0 Å². The van der Waals surface area contributed by atoms with Crippen molar-refractivity contribution in [2.45, 2.75) is 38.1 Å². The van der Waals surface area contributed by atoms with Crippen LogP contribution in [0.3, 0.4) is 0 Å². The van der Waals surface area contributed by atoms with Crippen molar-refractivity contribution in [2.24, 2.45) is 0 Å². The number of likely N-dealkylation sites (tertiary alicyclic amines) is 2. The smallest absolute Gasteiger partial charge is 0.321 e. The Morgan fingerprint density at radius 3 is 2.31 bits per heavy atom. The van der Waals surface area contributed by atoms with Crippen LogP contribution < -0.4 is 10.2 Å². The second-order valence-electron chi connectivity index (χ2n) is 9.81. The third-order valence-corrected chi connectivity index (χ3v) is 7.51. The van der Waals surface area contributed by atoms with Crippen molar-refractivity contribution < 1.29 is 14.4 Å². The molecule has 3 heterocycles. The summed E-state index contributed by atoms with van der Waals surface area (Å²) in [6.07, 6.45) is 3.10. The number of urea groups is 1. The summed E-state index contributed by atoms with van der Waals surface area (Å²) >= 11 is 0. The molecular weight excluding hydrogens is 442 g/mol. The van der Waals surface area contributed by atoms with Gasteiger partial charge in [0, 0.05) is 37.6 Å². The minimum atomic E-state index is -0.743. The summed E-state index contributed by atoms with van der Waals surface area (Å²) in [5.41, 5.74) is 2.07. The molecular formula is C27H33N5O3. The van der Waals surface area contributed by atoms with Gasteiger partial charge in [-0.1, -0.05) is 30.3 Å². The second kappa shape index (κ2) is 9.60. The van der Waals surface area contributed by atoms with Gasteiger partial charge in [0.15, 0.2) is 0 Å². The van der Waals surface area contributed by atoms with E-state index in [9.17, 15) is 14.4 Å². The van der Waals surface area contributed by atoms with E-state index < -0.39 is 5.54 Å². The number of aryl methyl sites for hydroxylation is 1. The van der Waals surface area contributed by atoms with Crippen molar-refractivity contribution in [1.29, 1.82) is 0 Å². The van der Waals surface area contributed by atoms with Gasteiger partial charge in [-0.05, 0) is 62.4 Å². The van der Waals surface area contributed by atoms with Crippen molar-refractivity contribution >= 4 is 29.2 Å². The Morgan fingerprint density at radius 1 is 0.914 bits per heavy atom. The van der Waals surface area contributed by atoms with E-state index in [1.54, 1.807) is 9.80 Å². The zero-order chi connectivity index (χ0) is 24.4. The highest BCUT2D eigenvalue weighted by Crippen LogP contribution is 2.39. The fourth-order valence-electron chi connectivity index (χ4n) is 5.56. The minimum absolute atomic E-state index is 0.00681. The van der Waals surface area contributed by atoms with Crippen LogP contribution in [-0.2, 0) is 9.59 Å². The molecule has 184 valence electrons. The molecule has 5 rings (SSSR count). The summed E-state index contributed by atoms with van der Waals surface area (Å²) in [5.74, 6) is 0.0172. The van der Waals surface area contributed by atoms with E-state index in [0.29, 0.717) is 32.6 Å². The normalized spacial score (nSPS) is 19.5. The number of anilines is 2. The van der Waals surface area contributed by atoms with Gasteiger partial charge in [0.05, 0.1) is 6.67 Å². The lowest BCUT2D eigenvalue weighted by Crippen LogP contribution is -2.58. The standard InChI is InChI=1S/C27H33N5O3/c1-21-8-7-9-22(18-21)28-26(35)30-16-12-27(13-17-30)25(34)31(19-24(33)29-14-5-6-15-29)20-32(27)23-10-3-2-4-11-23/h2-4,7-11,18H,5-6,12-17,19-20H2,1H3,(H,28,35). The first-order valence-electron chi connectivity index (χ1n) is 12.5. The van der Waals surface area contributed by atoms with Crippen molar-refractivity contribution in [2.75, 3.05) is 49.6 Å². The van der Waals surface area contributed by atoms with Crippen LogP contribution in [-0.4, -0.2) is 77.5 Å². The maximum atomic E-state index is 13.8. The molecule has 35 heavy (non-hydrogen) atoms. The van der Waals surface area contributed by atoms with Crippen LogP contribution in [0.2, 0.25) is 0 Å². The summed E-state index contributed by atoms with van der Waals surface area (Å²) in [6, 6.07) is 17.5. The first-order chi connectivity index (χ1) is 17.0. The molecule has 0 aliphatic carbocycles. The molecule has 3 saturated heterocycles. The van der Waals surface area contributed by atoms with Gasteiger partial charge in [0.1, 0.15) is 12.1 Å². The molecule has 0 unspecified atom stereocenters. The zero-order valence-electron chi connectivity index (χ0n) is 20.3. The molecule has 8 heteroatoms. The number of amides is 4. The third-order valence-electron chi connectivity index (χ3n) is 7.51. The molecule has 2 aromatic carbocycles. The Labute approximate surface area is 206 Å². The fraction of sp³-hybridized carbons (Fsp3) is 0.444. The van der Waals surface area contributed by atoms with Crippen molar-refractivity contribution in [3.8, 4) is 0 Å². The number of nitrogens with one attached hydrogen (secondary N) is 1. The molecule has 0 bridgehead atoms. The molecule has 0 saturated carbocycles. The topological polar surface area (TPSA) is 76.2 Å². The van der Waals surface area contributed by atoms with Gasteiger partial charge in [0.25, 0.3) is 5.91 Å². The number of nitrogens with zero attached hydrogens (tertiary/aromatic N) is 4. The van der Waals surface area contributed by atoms with E-state index in [1.807, 2.05) is 66.4 Å². The van der Waals surface area contributed by atoms with Crippen molar-refractivity contribution in [3.05, 3.63) is 60.2 Å². The van der Waals surface area contributed by atoms with Crippen molar-refractivity contribution in [1.82, 2.24) is 14.7 Å². The lowest BCUT2D eigenvalue weighted by molar-refractivity contribution is -0.140. The van der Waals surface area contributed by atoms with E-state index in [0.717, 1.165) is 42.9 Å². The Morgan fingerprint density at radius 2 is 1.63 bits per heavy atom. The fourth-order valence-corrected chi connectivity index (χ4v) is 5.56. The number of hydrogen-bond donors (Lipinski definition) is 1. The summed E-state index contributed by atoms with van der Waals surface area (Å²) in [5, 5.41) is 2.98. The molecule has 0 radical (unpaired) electrons.